The van der Waals surface area contributed by atoms with Gasteiger partial charge in [0.25, 0.3) is 0 Å². The van der Waals surface area contributed by atoms with Gasteiger partial charge in [-0.1, -0.05) is 6.07 Å². The Labute approximate surface area is 142 Å². The maximum atomic E-state index is 11.4. The van der Waals surface area contributed by atoms with Crippen molar-refractivity contribution in [2.24, 2.45) is 10.8 Å². The molecule has 9 heteroatoms. The Morgan fingerprint density at radius 2 is 2.17 bits per heavy atom. The third kappa shape index (κ3) is 3.76. The summed E-state index contributed by atoms with van der Waals surface area (Å²) in [4.78, 5) is 0.369. The minimum absolute atomic E-state index is 0.107. The minimum Gasteiger partial charge on any atom is -0.489 e. The molecule has 122 valence electrons. The molecule has 0 atom stereocenters. The summed E-state index contributed by atoms with van der Waals surface area (Å²) in [5, 5.41) is 19.0. The molecule has 3 N–H and O–H groups in total. The Balaban J connectivity index is 1.62. The summed E-state index contributed by atoms with van der Waals surface area (Å²) in [6.07, 6.45) is 1.59. The van der Waals surface area contributed by atoms with Gasteiger partial charge in [-0.3, -0.25) is 10.1 Å². The van der Waals surface area contributed by atoms with E-state index in [1.165, 1.54) is 0 Å². The highest BCUT2D eigenvalue weighted by molar-refractivity contribution is 7.80. The fourth-order valence-corrected chi connectivity index (χ4v) is 2.05. The molecule has 0 aliphatic rings. The quantitative estimate of drug-likeness (QED) is 0.310. The van der Waals surface area contributed by atoms with E-state index in [0.29, 0.717) is 28.3 Å². The summed E-state index contributed by atoms with van der Waals surface area (Å²) in [5.74, 6) is 0.690. The zero-order chi connectivity index (χ0) is 16.9. The lowest BCUT2D eigenvalue weighted by Crippen LogP contribution is -2.23. The van der Waals surface area contributed by atoms with Crippen LogP contribution in [0.2, 0.25) is 0 Å². The second-order valence-electron chi connectivity index (χ2n) is 4.85. The molecule has 0 saturated heterocycles. The Bertz CT molecular complexity index is 892. The van der Waals surface area contributed by atoms with Gasteiger partial charge in [-0.05, 0) is 58.6 Å². The van der Waals surface area contributed by atoms with E-state index in [-0.39, 0.29) is 5.11 Å². The van der Waals surface area contributed by atoms with Crippen LogP contribution in [0, 0.1) is 5.21 Å². The number of fused-ring (bicyclic) bond motifs is 1. The number of aromatic nitrogens is 2. The van der Waals surface area contributed by atoms with Crippen molar-refractivity contribution in [3.63, 3.8) is 0 Å². The van der Waals surface area contributed by atoms with Gasteiger partial charge < -0.3 is 15.7 Å². The van der Waals surface area contributed by atoms with Crippen molar-refractivity contribution < 1.29 is 14.3 Å². The average molecular weight is 343 g/mol. The van der Waals surface area contributed by atoms with Crippen LogP contribution in [0.3, 0.4) is 0 Å². The summed E-state index contributed by atoms with van der Waals surface area (Å²) in [6, 6.07) is 12.5. The smallest absolute Gasteiger partial charge is 0.248 e. The number of hydrazone groups is 1. The van der Waals surface area contributed by atoms with Crippen molar-refractivity contribution in [1.82, 2.24) is 10.6 Å². The molecular weight excluding hydrogens is 330 g/mol. The fraction of sp³-hybridized carbons (Fsp3) is 0.0667. The first-order valence-electron chi connectivity index (χ1n) is 6.91. The molecule has 2 aromatic carbocycles. The molecule has 3 aromatic rings. The third-order valence-electron chi connectivity index (χ3n) is 3.12. The lowest BCUT2D eigenvalue weighted by atomic mass is 10.2. The van der Waals surface area contributed by atoms with E-state index in [1.54, 1.807) is 18.3 Å². The Morgan fingerprint density at radius 3 is 2.92 bits per heavy atom. The Kier molecular flexibility index (Phi) is 4.52. The minimum atomic E-state index is 0.107. The van der Waals surface area contributed by atoms with E-state index in [9.17, 15) is 5.21 Å². The number of nitrogens with zero attached hydrogens (tertiary/aromatic N) is 3. The zero-order valence-corrected chi connectivity index (χ0v) is 13.2. The van der Waals surface area contributed by atoms with Crippen LogP contribution in [0.1, 0.15) is 11.1 Å². The standard InChI is InChI=1S/C15H13N5O3S/c16-15(24)18-17-8-10-1-4-12(5-2-10)22-9-11-3-6-13-14(7-11)20(21)23-19-13/h1-8H,9H2,(H3,16,18,24)/b17-8+. The predicted octanol–water partition coefficient (Wildman–Crippen LogP) is 1.21. The fourth-order valence-electron chi connectivity index (χ4n) is 1.99. The van der Waals surface area contributed by atoms with Crippen LogP contribution in [0.4, 0.5) is 0 Å². The first kappa shape index (κ1) is 15.7. The number of hydrogen-bond acceptors (Lipinski definition) is 6. The van der Waals surface area contributed by atoms with Gasteiger partial charge in [0.15, 0.2) is 5.11 Å². The van der Waals surface area contributed by atoms with Gasteiger partial charge in [0.05, 0.1) is 6.21 Å². The van der Waals surface area contributed by atoms with E-state index in [0.717, 1.165) is 11.1 Å². The Hall–Kier alpha value is -3.20. The van der Waals surface area contributed by atoms with Gasteiger partial charge in [0.2, 0.25) is 11.0 Å². The van der Waals surface area contributed by atoms with Crippen LogP contribution < -0.4 is 20.8 Å². The number of nitrogens with one attached hydrogen (secondary N) is 1. The maximum Gasteiger partial charge on any atom is 0.248 e. The molecule has 0 aliphatic carbocycles. The topological polar surface area (TPSA) is 113 Å². The summed E-state index contributed by atoms with van der Waals surface area (Å²) in [5.41, 5.74) is 10.3. The van der Waals surface area contributed by atoms with Gasteiger partial charge in [-0.25, -0.2) is 0 Å². The largest absolute Gasteiger partial charge is 0.489 e. The van der Waals surface area contributed by atoms with Crippen molar-refractivity contribution in [3.05, 3.63) is 58.8 Å². The van der Waals surface area contributed by atoms with Gasteiger partial charge in [-0.15, -0.1) is 0 Å². The van der Waals surface area contributed by atoms with Crippen LogP contribution in [0.5, 0.6) is 5.75 Å². The monoisotopic (exact) mass is 343 g/mol. The van der Waals surface area contributed by atoms with Gasteiger partial charge in [-0.2, -0.15) is 5.10 Å². The average Bonchev–Trinajstić information content (AvgIpc) is 2.95. The van der Waals surface area contributed by atoms with Crippen molar-refractivity contribution in [2.45, 2.75) is 6.61 Å². The molecule has 0 radical (unpaired) electrons. The number of rotatable bonds is 5. The molecule has 0 unspecified atom stereocenters. The Morgan fingerprint density at radius 1 is 1.38 bits per heavy atom. The predicted molar refractivity (Wildman–Crippen MR) is 91.3 cm³/mol. The van der Waals surface area contributed by atoms with E-state index in [2.05, 4.69) is 32.5 Å². The van der Waals surface area contributed by atoms with Crippen molar-refractivity contribution in [2.75, 3.05) is 0 Å². The second kappa shape index (κ2) is 6.92. The highest BCUT2D eigenvalue weighted by atomic mass is 32.1. The highest BCUT2D eigenvalue weighted by Crippen LogP contribution is 2.15. The number of nitrogens with two attached hydrogens (primary N) is 1. The molecule has 0 spiro atoms. The summed E-state index contributed by atoms with van der Waals surface area (Å²) < 4.78 is 10.2. The molecule has 0 saturated carbocycles. The summed E-state index contributed by atoms with van der Waals surface area (Å²) in [7, 11) is 0. The number of ether oxygens (including phenoxy) is 1. The van der Waals surface area contributed by atoms with E-state index in [1.807, 2.05) is 30.3 Å². The second-order valence-corrected chi connectivity index (χ2v) is 5.28. The third-order valence-corrected chi connectivity index (χ3v) is 3.22. The van der Waals surface area contributed by atoms with Gasteiger partial charge in [0, 0.05) is 11.2 Å². The maximum absolute atomic E-state index is 11.4. The van der Waals surface area contributed by atoms with Crippen molar-refractivity contribution >= 4 is 34.6 Å². The zero-order valence-electron chi connectivity index (χ0n) is 12.4. The highest BCUT2D eigenvalue weighted by Gasteiger charge is 2.09. The van der Waals surface area contributed by atoms with E-state index < -0.39 is 0 Å². The van der Waals surface area contributed by atoms with E-state index >= 15 is 0 Å². The van der Waals surface area contributed by atoms with Crippen LogP contribution in [0.25, 0.3) is 11.0 Å². The molecular formula is C15H13N5O3S. The summed E-state index contributed by atoms with van der Waals surface area (Å²) in [6.45, 7) is 0.317. The van der Waals surface area contributed by atoms with Crippen LogP contribution in [-0.2, 0) is 6.61 Å². The molecule has 0 amide bonds. The first-order valence-corrected chi connectivity index (χ1v) is 7.32. The summed E-state index contributed by atoms with van der Waals surface area (Å²) >= 11 is 4.65. The molecule has 0 aliphatic heterocycles. The normalized spacial score (nSPS) is 11.0. The molecule has 3 rings (SSSR count). The molecule has 1 heterocycles. The first-order chi connectivity index (χ1) is 11.6. The lowest BCUT2D eigenvalue weighted by Gasteiger charge is -2.06. The molecule has 8 nitrogen and oxygen atoms in total. The lowest BCUT2D eigenvalue weighted by molar-refractivity contribution is -0.782. The van der Waals surface area contributed by atoms with Crippen LogP contribution in [-0.4, -0.2) is 16.5 Å². The van der Waals surface area contributed by atoms with Crippen molar-refractivity contribution in [1.29, 1.82) is 0 Å². The molecule has 24 heavy (non-hydrogen) atoms. The van der Waals surface area contributed by atoms with Crippen LogP contribution >= 0.6 is 12.2 Å². The van der Waals surface area contributed by atoms with Gasteiger partial charge in [0.1, 0.15) is 12.4 Å². The molecule has 0 bridgehead atoms. The number of benzene rings is 2. The molecule has 1 aromatic heterocycles. The number of hydrogen-bond donors (Lipinski definition) is 2. The SMILES string of the molecule is NC(=S)N/N=C/c1ccc(OCc2ccc3no[n+]([O-])c3c2)cc1. The van der Waals surface area contributed by atoms with Gasteiger partial charge >= 0.3 is 0 Å². The van der Waals surface area contributed by atoms with E-state index in [4.69, 9.17) is 10.5 Å². The van der Waals surface area contributed by atoms with Crippen LogP contribution in [0.15, 0.2) is 52.2 Å². The number of thiocarbonyl (C=S) groups is 1. The molecule has 0 fully saturated rings. The van der Waals surface area contributed by atoms with Crippen molar-refractivity contribution in [3.8, 4) is 5.75 Å².